The van der Waals surface area contributed by atoms with Gasteiger partial charge in [0.1, 0.15) is 5.75 Å². The molecule has 0 aromatic heterocycles. The molecule has 1 N–H and O–H groups in total. The number of nitrogens with zero attached hydrogens (tertiary/aromatic N) is 1. The third kappa shape index (κ3) is 2.29. The number of carbonyl (C=O) groups is 2. The Morgan fingerprint density at radius 2 is 2.00 bits per heavy atom. The van der Waals surface area contributed by atoms with Crippen molar-refractivity contribution in [3.8, 4) is 0 Å². The molecule has 2 aliphatic rings. The minimum absolute atomic E-state index is 0.0876. The summed E-state index contributed by atoms with van der Waals surface area (Å²) in [5.41, 5.74) is 0. The van der Waals surface area contributed by atoms with Gasteiger partial charge >= 0.3 is 5.97 Å². The summed E-state index contributed by atoms with van der Waals surface area (Å²) in [6.45, 7) is 0. The molecule has 0 aromatic carbocycles. The third-order valence-corrected chi connectivity index (χ3v) is 4.30. The van der Waals surface area contributed by atoms with Gasteiger partial charge in [0, 0.05) is 18.3 Å². The van der Waals surface area contributed by atoms with E-state index in [0.29, 0.717) is 12.8 Å². The second kappa shape index (κ2) is 3.97. The van der Waals surface area contributed by atoms with Crippen LogP contribution in [-0.4, -0.2) is 54.4 Å². The molecule has 3 atom stereocenters. The summed E-state index contributed by atoms with van der Waals surface area (Å²) in [6.07, 6.45) is 2.91. The number of carboxylic acid groups (broad SMARTS) is 1. The number of sulfone groups is 1. The van der Waals surface area contributed by atoms with E-state index in [4.69, 9.17) is 5.11 Å². The lowest BCUT2D eigenvalue weighted by molar-refractivity contribution is -0.143. The highest BCUT2D eigenvalue weighted by atomic mass is 32.2. The number of hydrogen-bond donors (Lipinski definition) is 1. The van der Waals surface area contributed by atoms with Crippen molar-refractivity contribution in [1.29, 1.82) is 0 Å². The molecule has 2 rings (SSSR count). The Balaban J connectivity index is 2.14. The number of carboxylic acids is 1. The molecule has 0 saturated carbocycles. The highest BCUT2D eigenvalue weighted by molar-refractivity contribution is 7.91. The Labute approximate surface area is 99.5 Å². The first-order chi connectivity index (χ1) is 7.79. The first kappa shape index (κ1) is 12.3. The van der Waals surface area contributed by atoms with Crippen molar-refractivity contribution in [3.05, 3.63) is 0 Å². The van der Waals surface area contributed by atoms with Gasteiger partial charge < -0.3 is 10.0 Å². The smallest absolute Gasteiger partial charge is 0.308 e. The van der Waals surface area contributed by atoms with Crippen LogP contribution in [0.15, 0.2) is 0 Å². The number of fused-ring (bicyclic) bond motifs is 2. The van der Waals surface area contributed by atoms with Gasteiger partial charge in [-0.1, -0.05) is 0 Å². The van der Waals surface area contributed by atoms with E-state index in [2.05, 4.69) is 0 Å². The van der Waals surface area contributed by atoms with Crippen LogP contribution in [0.4, 0.5) is 0 Å². The van der Waals surface area contributed by atoms with Crippen LogP contribution in [0.25, 0.3) is 0 Å². The largest absolute Gasteiger partial charge is 0.481 e. The molecule has 2 aliphatic heterocycles. The van der Waals surface area contributed by atoms with Crippen LogP contribution >= 0.6 is 0 Å². The molecular weight excluding hydrogens is 246 g/mol. The van der Waals surface area contributed by atoms with Gasteiger partial charge in [-0.3, -0.25) is 9.59 Å². The molecule has 0 aliphatic carbocycles. The molecule has 2 fully saturated rings. The van der Waals surface area contributed by atoms with Gasteiger partial charge in [0.25, 0.3) is 0 Å². The summed E-state index contributed by atoms with van der Waals surface area (Å²) in [6, 6.07) is -0.401. The monoisotopic (exact) mass is 261 g/mol. The van der Waals surface area contributed by atoms with Crippen molar-refractivity contribution in [1.82, 2.24) is 4.90 Å². The van der Waals surface area contributed by atoms with E-state index < -0.39 is 33.4 Å². The molecule has 17 heavy (non-hydrogen) atoms. The minimum atomic E-state index is -3.36. The molecule has 3 unspecified atom stereocenters. The van der Waals surface area contributed by atoms with Crippen LogP contribution in [0.1, 0.15) is 19.3 Å². The summed E-state index contributed by atoms with van der Waals surface area (Å²) in [4.78, 5) is 24.3. The quantitative estimate of drug-likeness (QED) is 0.739. The molecule has 6 nitrogen and oxygen atoms in total. The van der Waals surface area contributed by atoms with Crippen LogP contribution in [0.5, 0.6) is 0 Å². The lowest BCUT2D eigenvalue weighted by Gasteiger charge is -2.22. The van der Waals surface area contributed by atoms with Gasteiger partial charge in [-0.15, -0.1) is 0 Å². The molecule has 2 saturated heterocycles. The first-order valence-electron chi connectivity index (χ1n) is 5.51. The molecular formula is C10H15NO5S. The first-order valence-corrected chi connectivity index (χ1v) is 7.57. The van der Waals surface area contributed by atoms with Crippen molar-refractivity contribution >= 4 is 21.7 Å². The van der Waals surface area contributed by atoms with E-state index in [1.54, 1.807) is 0 Å². The second-order valence-corrected chi connectivity index (χ2v) is 6.99. The number of aliphatic carboxylic acids is 1. The van der Waals surface area contributed by atoms with Gasteiger partial charge in [0.2, 0.25) is 5.91 Å². The molecule has 7 heteroatoms. The van der Waals surface area contributed by atoms with Gasteiger partial charge in [0.15, 0.2) is 9.84 Å². The van der Waals surface area contributed by atoms with Crippen molar-refractivity contribution in [2.24, 2.45) is 5.92 Å². The summed E-state index contributed by atoms with van der Waals surface area (Å²) >= 11 is 0. The van der Waals surface area contributed by atoms with E-state index in [-0.39, 0.29) is 12.1 Å². The lowest BCUT2D eigenvalue weighted by atomic mass is 9.89. The summed E-state index contributed by atoms with van der Waals surface area (Å²) in [7, 11) is -3.36. The Hall–Kier alpha value is -1.11. The topological polar surface area (TPSA) is 91.8 Å². The Morgan fingerprint density at radius 3 is 2.47 bits per heavy atom. The highest BCUT2D eigenvalue weighted by Crippen LogP contribution is 2.41. The van der Waals surface area contributed by atoms with E-state index in [9.17, 15) is 18.0 Å². The van der Waals surface area contributed by atoms with E-state index in [1.165, 1.54) is 4.90 Å². The van der Waals surface area contributed by atoms with E-state index in [1.807, 2.05) is 0 Å². The SMILES string of the molecule is CS(=O)(=O)CC(=O)N1C2CCC1C(C(=O)O)C2. The predicted molar refractivity (Wildman–Crippen MR) is 59.1 cm³/mol. The van der Waals surface area contributed by atoms with Crippen molar-refractivity contribution in [2.45, 2.75) is 31.3 Å². The van der Waals surface area contributed by atoms with Crippen LogP contribution in [0, 0.1) is 5.92 Å². The Kier molecular flexibility index (Phi) is 2.89. The average Bonchev–Trinajstić information content (AvgIpc) is 2.70. The van der Waals surface area contributed by atoms with Crippen LogP contribution < -0.4 is 0 Å². The summed E-state index contributed by atoms with van der Waals surface area (Å²) in [5.74, 6) is -2.40. The molecule has 2 bridgehead atoms. The van der Waals surface area contributed by atoms with Gasteiger partial charge in [-0.2, -0.15) is 0 Å². The zero-order chi connectivity index (χ0) is 12.8. The fourth-order valence-electron chi connectivity index (χ4n) is 2.94. The summed E-state index contributed by atoms with van der Waals surface area (Å²) < 4.78 is 22.2. The van der Waals surface area contributed by atoms with Crippen LogP contribution in [0.2, 0.25) is 0 Å². The van der Waals surface area contributed by atoms with Gasteiger partial charge in [-0.25, -0.2) is 8.42 Å². The Morgan fingerprint density at radius 1 is 1.35 bits per heavy atom. The molecule has 0 aromatic rings. The number of rotatable bonds is 3. The molecule has 96 valence electrons. The number of amides is 1. The van der Waals surface area contributed by atoms with Crippen molar-refractivity contribution in [3.63, 3.8) is 0 Å². The van der Waals surface area contributed by atoms with Crippen LogP contribution in [0.3, 0.4) is 0 Å². The van der Waals surface area contributed by atoms with E-state index in [0.717, 1.165) is 12.7 Å². The average molecular weight is 261 g/mol. The maximum absolute atomic E-state index is 11.8. The minimum Gasteiger partial charge on any atom is -0.481 e. The van der Waals surface area contributed by atoms with Crippen molar-refractivity contribution < 1.29 is 23.1 Å². The third-order valence-electron chi connectivity index (χ3n) is 3.53. The maximum Gasteiger partial charge on any atom is 0.308 e. The molecule has 2 heterocycles. The number of hydrogen-bond acceptors (Lipinski definition) is 4. The molecule has 0 radical (unpaired) electrons. The fraction of sp³-hybridized carbons (Fsp3) is 0.800. The maximum atomic E-state index is 11.8. The summed E-state index contributed by atoms with van der Waals surface area (Å²) in [5, 5.41) is 9.01. The number of carbonyl (C=O) groups excluding carboxylic acids is 1. The highest BCUT2D eigenvalue weighted by Gasteiger charge is 2.51. The molecule has 0 spiro atoms. The zero-order valence-electron chi connectivity index (χ0n) is 9.50. The lowest BCUT2D eigenvalue weighted by Crippen LogP contribution is -2.40. The van der Waals surface area contributed by atoms with Crippen molar-refractivity contribution in [2.75, 3.05) is 12.0 Å². The fourth-order valence-corrected chi connectivity index (χ4v) is 3.54. The second-order valence-electron chi connectivity index (χ2n) is 4.85. The van der Waals surface area contributed by atoms with Gasteiger partial charge in [0.05, 0.1) is 5.92 Å². The predicted octanol–water partition coefficient (Wildman–Crippen LogP) is -0.505. The molecule has 1 amide bonds. The standard InChI is InChI=1S/C10H15NO5S/c1-17(15,16)5-9(12)11-6-2-3-8(11)7(4-6)10(13)14/h6-8H,2-5H2,1H3,(H,13,14). The van der Waals surface area contributed by atoms with E-state index >= 15 is 0 Å². The van der Waals surface area contributed by atoms with Gasteiger partial charge in [-0.05, 0) is 19.3 Å². The Bertz CT molecular complexity index is 457. The zero-order valence-corrected chi connectivity index (χ0v) is 10.3. The normalized spacial score (nSPS) is 31.8. The van der Waals surface area contributed by atoms with Crippen LogP contribution in [-0.2, 0) is 19.4 Å².